The molecule has 1 atom stereocenters. The summed E-state index contributed by atoms with van der Waals surface area (Å²) >= 11 is 5.58. The molecule has 1 aromatic carbocycles. The lowest BCUT2D eigenvalue weighted by Crippen LogP contribution is -2.15. The molecule has 1 saturated carbocycles. The summed E-state index contributed by atoms with van der Waals surface area (Å²) in [7, 11) is 0. The summed E-state index contributed by atoms with van der Waals surface area (Å²) in [6.45, 7) is 0. The zero-order chi connectivity index (χ0) is 11.0. The van der Waals surface area contributed by atoms with Gasteiger partial charge < -0.3 is 5.73 Å². The quantitative estimate of drug-likeness (QED) is 0.793. The second-order valence-corrected chi connectivity index (χ2v) is 4.45. The minimum absolute atomic E-state index is 0.0716. The highest BCUT2D eigenvalue weighted by Crippen LogP contribution is 2.38. The van der Waals surface area contributed by atoms with Crippen LogP contribution in [0, 0.1) is 17.6 Å². The van der Waals surface area contributed by atoms with Crippen LogP contribution in [-0.2, 0) is 0 Å². The topological polar surface area (TPSA) is 26.0 Å². The molecule has 0 heterocycles. The minimum atomic E-state index is -0.718. The van der Waals surface area contributed by atoms with Crippen molar-refractivity contribution in [2.45, 2.75) is 25.3 Å². The van der Waals surface area contributed by atoms with Crippen LogP contribution in [0.4, 0.5) is 8.78 Å². The van der Waals surface area contributed by atoms with Crippen molar-refractivity contribution >= 4 is 11.6 Å². The Morgan fingerprint density at radius 1 is 1.40 bits per heavy atom. The van der Waals surface area contributed by atoms with Crippen molar-refractivity contribution in [2.24, 2.45) is 11.7 Å². The van der Waals surface area contributed by atoms with Gasteiger partial charge in [0.2, 0.25) is 0 Å². The molecule has 1 aliphatic rings. The third-order valence-corrected chi connectivity index (χ3v) is 3.03. The standard InChI is InChI=1S/C11H12ClF2N/c12-7-3-4-8(13)10(11(7)14)9(15)5-6-1-2-6/h3-4,6,9H,1-2,5,15H2/t9-/m0/s1. The van der Waals surface area contributed by atoms with Crippen LogP contribution in [0.15, 0.2) is 12.1 Å². The molecular formula is C11H12ClF2N. The number of nitrogens with two attached hydrogens (primary N) is 1. The highest BCUT2D eigenvalue weighted by atomic mass is 35.5. The summed E-state index contributed by atoms with van der Waals surface area (Å²) in [6, 6.07) is 1.78. The maximum absolute atomic E-state index is 13.5. The lowest BCUT2D eigenvalue weighted by Gasteiger charge is -2.14. The lowest BCUT2D eigenvalue weighted by molar-refractivity contribution is 0.499. The van der Waals surface area contributed by atoms with Crippen LogP contribution in [0.2, 0.25) is 5.02 Å². The fraction of sp³-hybridized carbons (Fsp3) is 0.455. The van der Waals surface area contributed by atoms with E-state index in [4.69, 9.17) is 17.3 Å². The van der Waals surface area contributed by atoms with E-state index in [0.29, 0.717) is 12.3 Å². The van der Waals surface area contributed by atoms with Crippen LogP contribution in [0.25, 0.3) is 0 Å². The molecule has 4 heteroatoms. The first-order valence-electron chi connectivity index (χ1n) is 4.98. The Hall–Kier alpha value is -0.670. The van der Waals surface area contributed by atoms with Gasteiger partial charge in [-0.3, -0.25) is 0 Å². The Balaban J connectivity index is 2.27. The maximum atomic E-state index is 13.5. The van der Waals surface area contributed by atoms with Crippen LogP contribution >= 0.6 is 11.6 Å². The summed E-state index contributed by atoms with van der Waals surface area (Å²) in [5, 5.41) is -0.0716. The van der Waals surface area contributed by atoms with E-state index >= 15 is 0 Å². The maximum Gasteiger partial charge on any atom is 0.149 e. The Bertz CT molecular complexity index is 377. The molecule has 0 amide bonds. The highest BCUT2D eigenvalue weighted by Gasteiger charge is 2.27. The van der Waals surface area contributed by atoms with Crippen LogP contribution in [0.1, 0.15) is 30.9 Å². The molecule has 1 aromatic rings. The highest BCUT2D eigenvalue weighted by molar-refractivity contribution is 6.30. The van der Waals surface area contributed by atoms with Crippen LogP contribution in [0.3, 0.4) is 0 Å². The molecule has 0 aliphatic heterocycles. The summed E-state index contributed by atoms with van der Waals surface area (Å²) < 4.78 is 26.9. The molecule has 0 spiro atoms. The van der Waals surface area contributed by atoms with Gasteiger partial charge in [0.25, 0.3) is 0 Å². The summed E-state index contributed by atoms with van der Waals surface area (Å²) in [6.07, 6.45) is 2.85. The van der Waals surface area contributed by atoms with Crippen molar-refractivity contribution in [1.82, 2.24) is 0 Å². The minimum Gasteiger partial charge on any atom is -0.324 e. The number of hydrogen-bond donors (Lipinski definition) is 1. The van der Waals surface area contributed by atoms with E-state index in [1.54, 1.807) is 0 Å². The van der Waals surface area contributed by atoms with Crippen molar-refractivity contribution in [2.75, 3.05) is 0 Å². The Kier molecular flexibility index (Phi) is 2.94. The monoisotopic (exact) mass is 231 g/mol. The molecule has 82 valence electrons. The third kappa shape index (κ3) is 2.29. The summed E-state index contributed by atoms with van der Waals surface area (Å²) in [4.78, 5) is 0. The average molecular weight is 232 g/mol. The number of halogens is 3. The van der Waals surface area contributed by atoms with Gasteiger partial charge in [-0.05, 0) is 24.5 Å². The van der Waals surface area contributed by atoms with Crippen molar-refractivity contribution in [1.29, 1.82) is 0 Å². The van der Waals surface area contributed by atoms with Crippen molar-refractivity contribution in [3.63, 3.8) is 0 Å². The third-order valence-electron chi connectivity index (χ3n) is 2.73. The van der Waals surface area contributed by atoms with Gasteiger partial charge in [0, 0.05) is 11.6 Å². The Labute approximate surface area is 92.2 Å². The predicted octanol–water partition coefficient (Wildman–Crippen LogP) is 3.42. The van der Waals surface area contributed by atoms with Gasteiger partial charge >= 0.3 is 0 Å². The van der Waals surface area contributed by atoms with Gasteiger partial charge in [-0.1, -0.05) is 24.4 Å². The van der Waals surface area contributed by atoms with E-state index in [0.717, 1.165) is 18.9 Å². The zero-order valence-electron chi connectivity index (χ0n) is 8.14. The SMILES string of the molecule is N[C@@H](CC1CC1)c1c(F)ccc(Cl)c1F. The number of rotatable bonds is 3. The molecular weight excluding hydrogens is 220 g/mol. The van der Waals surface area contributed by atoms with E-state index in [-0.39, 0.29) is 10.6 Å². The van der Waals surface area contributed by atoms with E-state index in [2.05, 4.69) is 0 Å². The molecule has 2 N–H and O–H groups in total. The molecule has 0 aromatic heterocycles. The second kappa shape index (κ2) is 4.06. The molecule has 2 rings (SSSR count). The normalized spacial score (nSPS) is 17.9. The fourth-order valence-electron chi connectivity index (χ4n) is 1.71. The van der Waals surface area contributed by atoms with Gasteiger partial charge in [0.05, 0.1) is 5.02 Å². The Morgan fingerprint density at radius 3 is 2.67 bits per heavy atom. The van der Waals surface area contributed by atoms with Gasteiger partial charge in [-0.25, -0.2) is 8.78 Å². The summed E-state index contributed by atoms with van der Waals surface area (Å²) in [5.41, 5.74) is 5.69. The first-order valence-corrected chi connectivity index (χ1v) is 5.36. The molecule has 0 radical (unpaired) electrons. The molecule has 0 unspecified atom stereocenters. The van der Waals surface area contributed by atoms with Crippen molar-refractivity contribution < 1.29 is 8.78 Å². The predicted molar refractivity (Wildman–Crippen MR) is 55.6 cm³/mol. The van der Waals surface area contributed by atoms with Crippen LogP contribution in [0.5, 0.6) is 0 Å². The first-order chi connectivity index (χ1) is 7.09. The summed E-state index contributed by atoms with van der Waals surface area (Å²) in [5.74, 6) is -0.798. The van der Waals surface area contributed by atoms with Gasteiger partial charge in [-0.15, -0.1) is 0 Å². The van der Waals surface area contributed by atoms with Gasteiger partial charge in [0.1, 0.15) is 11.6 Å². The molecule has 1 nitrogen and oxygen atoms in total. The van der Waals surface area contributed by atoms with Gasteiger partial charge in [-0.2, -0.15) is 0 Å². The fourth-order valence-corrected chi connectivity index (χ4v) is 1.88. The van der Waals surface area contributed by atoms with Crippen LogP contribution in [-0.4, -0.2) is 0 Å². The average Bonchev–Trinajstić information content (AvgIpc) is 2.96. The lowest BCUT2D eigenvalue weighted by atomic mass is 10.0. The number of hydrogen-bond acceptors (Lipinski definition) is 1. The van der Waals surface area contributed by atoms with Crippen molar-refractivity contribution in [3.05, 3.63) is 34.4 Å². The zero-order valence-corrected chi connectivity index (χ0v) is 8.90. The molecule has 15 heavy (non-hydrogen) atoms. The van der Waals surface area contributed by atoms with E-state index in [9.17, 15) is 8.78 Å². The smallest absolute Gasteiger partial charge is 0.149 e. The largest absolute Gasteiger partial charge is 0.324 e. The molecule has 0 bridgehead atoms. The Morgan fingerprint density at radius 2 is 2.07 bits per heavy atom. The van der Waals surface area contributed by atoms with E-state index < -0.39 is 17.7 Å². The van der Waals surface area contributed by atoms with Gasteiger partial charge in [0.15, 0.2) is 0 Å². The first kappa shape index (κ1) is 10.8. The van der Waals surface area contributed by atoms with Crippen molar-refractivity contribution in [3.8, 4) is 0 Å². The molecule has 1 fully saturated rings. The van der Waals surface area contributed by atoms with E-state index in [1.165, 1.54) is 6.07 Å². The molecule has 0 saturated heterocycles. The molecule has 1 aliphatic carbocycles. The number of benzene rings is 1. The van der Waals surface area contributed by atoms with E-state index in [1.807, 2.05) is 0 Å². The van der Waals surface area contributed by atoms with Crippen LogP contribution < -0.4 is 5.73 Å². The second-order valence-electron chi connectivity index (χ2n) is 4.04.